The van der Waals surface area contributed by atoms with E-state index < -0.39 is 10.0 Å². The minimum absolute atomic E-state index is 0.0911. The van der Waals surface area contributed by atoms with Crippen molar-refractivity contribution in [3.63, 3.8) is 0 Å². The van der Waals surface area contributed by atoms with Crippen LogP contribution in [0.25, 0.3) is 0 Å². The Morgan fingerprint density at radius 3 is 2.64 bits per heavy atom. The average molecular weight is 364 g/mol. The van der Waals surface area contributed by atoms with E-state index in [1.807, 2.05) is 19.1 Å². The summed E-state index contributed by atoms with van der Waals surface area (Å²) >= 11 is 0. The molecule has 1 aliphatic rings. The molecule has 1 N–H and O–H groups in total. The Morgan fingerprint density at radius 1 is 1.28 bits per heavy atom. The zero-order valence-electron chi connectivity index (χ0n) is 14.6. The molecule has 0 aliphatic carbocycles. The average Bonchev–Trinajstić information content (AvgIpc) is 3.29. The van der Waals surface area contributed by atoms with Gasteiger partial charge in [-0.2, -0.15) is 0 Å². The van der Waals surface area contributed by atoms with Crippen molar-refractivity contribution in [1.29, 1.82) is 0 Å². The second-order valence-corrected chi connectivity index (χ2v) is 8.02. The van der Waals surface area contributed by atoms with Gasteiger partial charge in [0.2, 0.25) is 10.0 Å². The first-order valence-electron chi connectivity index (χ1n) is 8.43. The lowest BCUT2D eigenvalue weighted by Crippen LogP contribution is -2.36. The molecule has 0 amide bonds. The molecule has 3 rings (SSSR count). The third-order valence-electron chi connectivity index (χ3n) is 4.60. The molecule has 0 radical (unpaired) electrons. The molecule has 1 unspecified atom stereocenters. The molecule has 2 aromatic rings. The minimum atomic E-state index is -3.60. The summed E-state index contributed by atoms with van der Waals surface area (Å²) in [5, 5.41) is 0. The van der Waals surface area contributed by atoms with E-state index in [0.29, 0.717) is 5.75 Å². The van der Waals surface area contributed by atoms with E-state index in [1.165, 1.54) is 0 Å². The van der Waals surface area contributed by atoms with E-state index >= 15 is 0 Å². The molecule has 1 aliphatic heterocycles. The summed E-state index contributed by atoms with van der Waals surface area (Å²) in [6.07, 6.45) is 3.88. The van der Waals surface area contributed by atoms with Crippen molar-refractivity contribution < 1.29 is 17.6 Å². The Balaban J connectivity index is 1.76. The molecule has 1 atom stereocenters. The molecular formula is C18H24N2O4S. The number of ether oxygens (including phenoxy) is 1. The topological polar surface area (TPSA) is 71.8 Å². The monoisotopic (exact) mass is 364 g/mol. The number of hydrogen-bond acceptors (Lipinski definition) is 5. The van der Waals surface area contributed by atoms with Crippen molar-refractivity contribution >= 4 is 10.0 Å². The zero-order valence-corrected chi connectivity index (χ0v) is 15.4. The summed E-state index contributed by atoms with van der Waals surface area (Å²) in [6, 6.07) is 8.50. The molecule has 2 heterocycles. The van der Waals surface area contributed by atoms with Crippen molar-refractivity contribution in [3.8, 4) is 5.75 Å². The molecule has 1 saturated heterocycles. The van der Waals surface area contributed by atoms with E-state index in [-0.39, 0.29) is 17.5 Å². The molecule has 136 valence electrons. The second-order valence-electron chi connectivity index (χ2n) is 6.26. The van der Waals surface area contributed by atoms with Gasteiger partial charge in [0.1, 0.15) is 11.5 Å². The van der Waals surface area contributed by atoms with Crippen LogP contribution in [0.4, 0.5) is 0 Å². The van der Waals surface area contributed by atoms with Gasteiger partial charge in [0, 0.05) is 6.54 Å². The standard InChI is InChI=1S/C18H24N2O4S/c1-14-12-15(7-8-17(14)23-2)25(21,22)19-13-16(18-6-5-11-24-18)20-9-3-4-10-20/h5-8,11-12,16,19H,3-4,9-10,13H2,1-2H3. The van der Waals surface area contributed by atoms with Crippen LogP contribution in [0.3, 0.4) is 0 Å². The van der Waals surface area contributed by atoms with Crippen LogP contribution in [0, 0.1) is 6.92 Å². The van der Waals surface area contributed by atoms with Gasteiger partial charge in [-0.05, 0) is 68.8 Å². The number of rotatable bonds is 7. The zero-order chi connectivity index (χ0) is 17.9. The van der Waals surface area contributed by atoms with Gasteiger partial charge >= 0.3 is 0 Å². The van der Waals surface area contributed by atoms with E-state index in [2.05, 4.69) is 9.62 Å². The summed E-state index contributed by atoms with van der Waals surface area (Å²) in [7, 11) is -2.03. The van der Waals surface area contributed by atoms with Gasteiger partial charge in [0.25, 0.3) is 0 Å². The summed E-state index contributed by atoms with van der Waals surface area (Å²) in [6.45, 7) is 4.01. The Morgan fingerprint density at radius 2 is 2.04 bits per heavy atom. The highest BCUT2D eigenvalue weighted by atomic mass is 32.2. The van der Waals surface area contributed by atoms with E-state index in [9.17, 15) is 8.42 Å². The van der Waals surface area contributed by atoms with Crippen molar-refractivity contribution in [2.24, 2.45) is 0 Å². The van der Waals surface area contributed by atoms with Gasteiger partial charge in [-0.1, -0.05) is 0 Å². The fourth-order valence-corrected chi connectivity index (χ4v) is 4.36. The van der Waals surface area contributed by atoms with Crippen LogP contribution < -0.4 is 9.46 Å². The number of methoxy groups -OCH3 is 1. The van der Waals surface area contributed by atoms with Crippen molar-refractivity contribution in [2.75, 3.05) is 26.7 Å². The predicted octanol–water partition coefficient (Wildman–Crippen LogP) is 2.71. The predicted molar refractivity (Wildman–Crippen MR) is 95.2 cm³/mol. The van der Waals surface area contributed by atoms with Crippen molar-refractivity contribution in [1.82, 2.24) is 9.62 Å². The van der Waals surface area contributed by atoms with Gasteiger partial charge in [-0.15, -0.1) is 0 Å². The first-order chi connectivity index (χ1) is 12.0. The molecule has 7 heteroatoms. The van der Waals surface area contributed by atoms with Crippen LogP contribution in [0.15, 0.2) is 45.9 Å². The molecular weight excluding hydrogens is 340 g/mol. The largest absolute Gasteiger partial charge is 0.496 e. The summed E-state index contributed by atoms with van der Waals surface area (Å²) in [5.74, 6) is 1.46. The molecule has 25 heavy (non-hydrogen) atoms. The number of nitrogens with one attached hydrogen (secondary N) is 1. The number of hydrogen-bond donors (Lipinski definition) is 1. The first-order valence-corrected chi connectivity index (χ1v) is 9.91. The Labute approximate surface area is 148 Å². The maximum Gasteiger partial charge on any atom is 0.240 e. The highest BCUT2D eigenvalue weighted by molar-refractivity contribution is 7.89. The SMILES string of the molecule is COc1ccc(S(=O)(=O)NCC(c2ccco2)N2CCCC2)cc1C. The highest BCUT2D eigenvalue weighted by Crippen LogP contribution is 2.26. The minimum Gasteiger partial charge on any atom is -0.496 e. The Hall–Kier alpha value is -1.83. The van der Waals surface area contributed by atoms with Gasteiger partial charge < -0.3 is 9.15 Å². The van der Waals surface area contributed by atoms with Crippen LogP contribution >= 0.6 is 0 Å². The fraction of sp³-hybridized carbons (Fsp3) is 0.444. The van der Waals surface area contributed by atoms with Crippen LogP contribution in [0.1, 0.15) is 30.2 Å². The number of benzene rings is 1. The third kappa shape index (κ3) is 4.05. The quantitative estimate of drug-likeness (QED) is 0.818. The summed E-state index contributed by atoms with van der Waals surface area (Å²) < 4.78 is 38.8. The number of likely N-dealkylation sites (tertiary alicyclic amines) is 1. The van der Waals surface area contributed by atoms with E-state index in [1.54, 1.807) is 31.6 Å². The van der Waals surface area contributed by atoms with Crippen LogP contribution in [0.5, 0.6) is 5.75 Å². The second kappa shape index (κ2) is 7.59. The number of furan rings is 1. The highest BCUT2D eigenvalue weighted by Gasteiger charge is 2.27. The smallest absolute Gasteiger partial charge is 0.240 e. The molecule has 0 bridgehead atoms. The van der Waals surface area contributed by atoms with Gasteiger partial charge in [-0.25, -0.2) is 13.1 Å². The fourth-order valence-electron chi connectivity index (χ4n) is 3.23. The Kier molecular flexibility index (Phi) is 5.46. The van der Waals surface area contributed by atoms with Crippen LogP contribution in [-0.4, -0.2) is 40.1 Å². The van der Waals surface area contributed by atoms with E-state index in [0.717, 1.165) is 37.3 Å². The molecule has 1 aromatic carbocycles. The summed E-state index contributed by atoms with van der Waals surface area (Å²) in [4.78, 5) is 2.51. The maximum absolute atomic E-state index is 12.7. The molecule has 1 fully saturated rings. The van der Waals surface area contributed by atoms with Gasteiger partial charge in [0.15, 0.2) is 0 Å². The Bertz CT molecular complexity index is 796. The lowest BCUT2D eigenvalue weighted by molar-refractivity contribution is 0.216. The lowest BCUT2D eigenvalue weighted by atomic mass is 10.2. The van der Waals surface area contributed by atoms with E-state index in [4.69, 9.17) is 9.15 Å². The van der Waals surface area contributed by atoms with Crippen molar-refractivity contribution in [3.05, 3.63) is 47.9 Å². The molecule has 6 nitrogen and oxygen atoms in total. The maximum atomic E-state index is 12.7. The number of sulfonamides is 1. The molecule has 0 spiro atoms. The van der Waals surface area contributed by atoms with Gasteiger partial charge in [-0.3, -0.25) is 4.90 Å². The normalized spacial score (nSPS) is 16.9. The first kappa shape index (κ1) is 18.0. The van der Waals surface area contributed by atoms with Crippen molar-refractivity contribution in [2.45, 2.75) is 30.7 Å². The third-order valence-corrected chi connectivity index (χ3v) is 6.02. The van der Waals surface area contributed by atoms with Gasteiger partial charge in [0.05, 0.1) is 24.3 Å². The lowest BCUT2D eigenvalue weighted by Gasteiger charge is -2.26. The molecule has 1 aromatic heterocycles. The number of aryl methyl sites for hydroxylation is 1. The molecule has 0 saturated carbocycles. The van der Waals surface area contributed by atoms with Crippen LogP contribution in [-0.2, 0) is 10.0 Å². The van der Waals surface area contributed by atoms with Crippen LogP contribution in [0.2, 0.25) is 0 Å². The number of nitrogens with zero attached hydrogens (tertiary/aromatic N) is 1. The summed E-state index contributed by atoms with van der Waals surface area (Å²) in [5.41, 5.74) is 0.785.